The van der Waals surface area contributed by atoms with Gasteiger partial charge in [0.1, 0.15) is 5.75 Å². The Bertz CT molecular complexity index is 867. The maximum Gasteiger partial charge on any atom is 0.306 e. The first-order valence-corrected chi connectivity index (χ1v) is 7.84. The third-order valence-corrected chi connectivity index (χ3v) is 4.45. The molecule has 0 saturated carbocycles. The number of anilines is 1. The van der Waals surface area contributed by atoms with Gasteiger partial charge in [0, 0.05) is 6.07 Å². The Morgan fingerprint density at radius 3 is 2.48 bits per heavy atom. The molecule has 0 atom stereocenters. The Balaban J connectivity index is 2.37. The molecule has 2 aromatic carbocycles. The van der Waals surface area contributed by atoms with E-state index in [1.54, 1.807) is 6.92 Å². The van der Waals surface area contributed by atoms with Crippen molar-refractivity contribution < 1.29 is 22.5 Å². The molecule has 0 fully saturated rings. The lowest BCUT2D eigenvalue weighted by molar-refractivity contribution is -0.387. The summed E-state index contributed by atoms with van der Waals surface area (Å²) in [4.78, 5) is 9.73. The molecule has 0 amide bonds. The third kappa shape index (κ3) is 3.57. The lowest BCUT2D eigenvalue weighted by Gasteiger charge is -2.10. The number of benzene rings is 2. The van der Waals surface area contributed by atoms with Crippen LogP contribution in [0.5, 0.6) is 5.75 Å². The van der Waals surface area contributed by atoms with Crippen molar-refractivity contribution in [2.75, 3.05) is 11.8 Å². The predicted octanol–water partition coefficient (Wildman–Crippen LogP) is 2.85. The molecule has 0 aliphatic carbocycles. The summed E-state index contributed by atoms with van der Waals surface area (Å²) in [6.45, 7) is 1.68. The Hall–Kier alpha value is -2.68. The van der Waals surface area contributed by atoms with E-state index in [-0.39, 0.29) is 10.6 Å². The van der Waals surface area contributed by atoms with E-state index in [2.05, 4.69) is 4.72 Å². The third-order valence-electron chi connectivity index (χ3n) is 3.07. The Morgan fingerprint density at radius 1 is 1.22 bits per heavy atom. The fraction of sp³-hybridized carbons (Fsp3) is 0.143. The molecule has 0 unspecified atom stereocenters. The Morgan fingerprint density at radius 2 is 1.91 bits per heavy atom. The fourth-order valence-corrected chi connectivity index (χ4v) is 3.08. The topological polar surface area (TPSA) is 98.5 Å². The van der Waals surface area contributed by atoms with Crippen molar-refractivity contribution in [3.63, 3.8) is 0 Å². The van der Waals surface area contributed by atoms with Gasteiger partial charge >= 0.3 is 5.69 Å². The first-order valence-electron chi connectivity index (χ1n) is 6.36. The van der Waals surface area contributed by atoms with Crippen molar-refractivity contribution in [3.05, 3.63) is 57.9 Å². The van der Waals surface area contributed by atoms with E-state index >= 15 is 0 Å². The number of nitro groups is 1. The molecule has 0 saturated heterocycles. The van der Waals surface area contributed by atoms with Crippen molar-refractivity contribution in [2.45, 2.75) is 11.8 Å². The van der Waals surface area contributed by atoms with E-state index in [0.29, 0.717) is 11.3 Å². The van der Waals surface area contributed by atoms with Gasteiger partial charge in [-0.25, -0.2) is 8.42 Å². The van der Waals surface area contributed by atoms with Gasteiger partial charge in [-0.3, -0.25) is 14.8 Å². The lowest BCUT2D eigenvalue weighted by atomic mass is 10.2. The number of aryl methyl sites for hydroxylation is 1. The second-order valence-corrected chi connectivity index (χ2v) is 6.34. The van der Waals surface area contributed by atoms with Gasteiger partial charge in [-0.15, -0.1) is 0 Å². The van der Waals surface area contributed by atoms with Crippen molar-refractivity contribution in [1.29, 1.82) is 0 Å². The van der Waals surface area contributed by atoms with E-state index < -0.39 is 26.5 Å². The van der Waals surface area contributed by atoms with Gasteiger partial charge in [0.2, 0.25) is 5.82 Å². The summed E-state index contributed by atoms with van der Waals surface area (Å²) in [7, 11) is -2.50. The SMILES string of the molecule is COc1ccc(S(=O)(=O)Nc2ccc(F)c([N+](=O)[O-])c2)cc1C. The summed E-state index contributed by atoms with van der Waals surface area (Å²) in [5.41, 5.74) is -0.303. The molecule has 1 N–H and O–H groups in total. The molecule has 23 heavy (non-hydrogen) atoms. The van der Waals surface area contributed by atoms with Crippen LogP contribution < -0.4 is 9.46 Å². The number of nitro benzene ring substituents is 1. The molecular formula is C14H13FN2O5S. The van der Waals surface area contributed by atoms with Crippen LogP contribution in [-0.2, 0) is 10.0 Å². The van der Waals surface area contributed by atoms with Gasteiger partial charge in [-0.05, 0) is 42.8 Å². The molecule has 0 bridgehead atoms. The van der Waals surface area contributed by atoms with Crippen LogP contribution in [0.15, 0.2) is 41.3 Å². The number of rotatable bonds is 5. The molecule has 0 aliphatic heterocycles. The van der Waals surface area contributed by atoms with Crippen molar-refractivity contribution in [1.82, 2.24) is 0 Å². The lowest BCUT2D eigenvalue weighted by Crippen LogP contribution is -2.13. The zero-order chi connectivity index (χ0) is 17.2. The predicted molar refractivity (Wildman–Crippen MR) is 81.6 cm³/mol. The van der Waals surface area contributed by atoms with Gasteiger partial charge in [0.15, 0.2) is 0 Å². The van der Waals surface area contributed by atoms with Crippen molar-refractivity contribution in [3.8, 4) is 5.75 Å². The van der Waals surface area contributed by atoms with Crippen LogP contribution in [0.25, 0.3) is 0 Å². The number of hydrogen-bond acceptors (Lipinski definition) is 5. The molecule has 9 heteroatoms. The maximum absolute atomic E-state index is 13.3. The summed E-state index contributed by atoms with van der Waals surface area (Å²) in [5, 5.41) is 10.7. The monoisotopic (exact) mass is 340 g/mol. The normalized spacial score (nSPS) is 11.1. The van der Waals surface area contributed by atoms with Crippen LogP contribution in [0.4, 0.5) is 15.8 Å². The summed E-state index contributed by atoms with van der Waals surface area (Å²) >= 11 is 0. The number of nitrogens with one attached hydrogen (secondary N) is 1. The van der Waals surface area contributed by atoms with Crippen molar-refractivity contribution in [2.24, 2.45) is 0 Å². The first kappa shape index (κ1) is 16.7. The highest BCUT2D eigenvalue weighted by Gasteiger charge is 2.19. The van der Waals surface area contributed by atoms with Gasteiger partial charge in [-0.2, -0.15) is 4.39 Å². The van der Waals surface area contributed by atoms with Gasteiger partial charge in [-0.1, -0.05) is 0 Å². The van der Waals surface area contributed by atoms with Crippen LogP contribution >= 0.6 is 0 Å². The molecule has 0 spiro atoms. The van der Waals surface area contributed by atoms with Crippen LogP contribution in [0.3, 0.4) is 0 Å². The van der Waals surface area contributed by atoms with Crippen LogP contribution in [-0.4, -0.2) is 20.5 Å². The number of halogens is 1. The minimum Gasteiger partial charge on any atom is -0.496 e. The number of hydrogen-bond donors (Lipinski definition) is 1. The average Bonchev–Trinajstić information content (AvgIpc) is 2.48. The first-order chi connectivity index (χ1) is 10.7. The smallest absolute Gasteiger partial charge is 0.306 e. The van der Waals surface area contributed by atoms with E-state index in [0.717, 1.165) is 18.2 Å². The largest absolute Gasteiger partial charge is 0.496 e. The number of sulfonamides is 1. The van der Waals surface area contributed by atoms with E-state index in [4.69, 9.17) is 4.74 Å². The van der Waals surface area contributed by atoms with Crippen LogP contribution in [0, 0.1) is 22.9 Å². The molecule has 0 aliphatic rings. The number of ether oxygens (including phenoxy) is 1. The summed E-state index contributed by atoms with van der Waals surface area (Å²) < 4.78 is 45.1. The van der Waals surface area contributed by atoms with Gasteiger partial charge in [0.05, 0.1) is 22.6 Å². The number of methoxy groups -OCH3 is 1. The average molecular weight is 340 g/mol. The summed E-state index contributed by atoms with van der Waals surface area (Å²) in [5.74, 6) is -0.514. The van der Waals surface area contributed by atoms with Crippen LogP contribution in [0.2, 0.25) is 0 Å². The van der Waals surface area contributed by atoms with E-state index in [1.165, 1.54) is 25.3 Å². The molecule has 2 rings (SSSR count). The van der Waals surface area contributed by atoms with Gasteiger partial charge < -0.3 is 4.74 Å². The molecular weight excluding hydrogens is 327 g/mol. The Labute approximate surface area is 131 Å². The van der Waals surface area contributed by atoms with Crippen molar-refractivity contribution >= 4 is 21.4 Å². The van der Waals surface area contributed by atoms with E-state index in [9.17, 15) is 22.9 Å². The molecule has 7 nitrogen and oxygen atoms in total. The molecule has 2 aromatic rings. The minimum absolute atomic E-state index is 0.0391. The minimum atomic E-state index is -3.97. The van der Waals surface area contributed by atoms with Gasteiger partial charge in [0.25, 0.3) is 10.0 Å². The zero-order valence-corrected chi connectivity index (χ0v) is 13.1. The second-order valence-electron chi connectivity index (χ2n) is 4.66. The molecule has 122 valence electrons. The molecule has 0 radical (unpaired) electrons. The highest BCUT2D eigenvalue weighted by Crippen LogP contribution is 2.26. The highest BCUT2D eigenvalue weighted by atomic mass is 32.2. The highest BCUT2D eigenvalue weighted by molar-refractivity contribution is 7.92. The van der Waals surface area contributed by atoms with Crippen LogP contribution in [0.1, 0.15) is 5.56 Å². The summed E-state index contributed by atoms with van der Waals surface area (Å²) in [6.07, 6.45) is 0. The molecule has 0 aromatic heterocycles. The van der Waals surface area contributed by atoms with E-state index in [1.807, 2.05) is 0 Å². The maximum atomic E-state index is 13.3. The quantitative estimate of drug-likeness (QED) is 0.666. The standard InChI is InChI=1S/C14H13FN2O5S/c1-9-7-11(4-6-14(9)22-2)23(20,21)16-10-3-5-12(15)13(8-10)17(18)19/h3-8,16H,1-2H3. The Kier molecular flexibility index (Phi) is 4.50. The zero-order valence-electron chi connectivity index (χ0n) is 12.2. The summed E-state index contributed by atoms with van der Waals surface area (Å²) in [6, 6.07) is 7.00. The second kappa shape index (κ2) is 6.21. The molecule has 0 heterocycles. The number of nitrogens with zero attached hydrogens (tertiary/aromatic N) is 1. The fourth-order valence-electron chi connectivity index (χ4n) is 1.95.